The zero-order chi connectivity index (χ0) is 20.7. The lowest BCUT2D eigenvalue weighted by Crippen LogP contribution is -2.29. The predicted molar refractivity (Wildman–Crippen MR) is 88.4 cm³/mol. The van der Waals surface area contributed by atoms with Gasteiger partial charge in [0, 0.05) is 18.2 Å². The molecule has 1 amide bonds. The van der Waals surface area contributed by atoms with Crippen molar-refractivity contribution in [2.45, 2.75) is 12.9 Å². The number of ether oxygens (including phenoxy) is 2. The Bertz CT molecular complexity index is 885. The van der Waals surface area contributed by atoms with Crippen molar-refractivity contribution in [2.24, 2.45) is 0 Å². The molecule has 0 aliphatic carbocycles. The minimum absolute atomic E-state index is 0.0539. The molecule has 2 rings (SSSR count). The Morgan fingerprint density at radius 2 is 1.71 bits per heavy atom. The Morgan fingerprint density at radius 3 is 2.39 bits per heavy atom. The van der Waals surface area contributed by atoms with E-state index in [2.05, 4.69) is 10.1 Å². The molecule has 0 aliphatic heterocycles. The molecular weight excluding hydrogens is 385 g/mol. The second-order valence-electron chi connectivity index (χ2n) is 5.28. The fourth-order valence-corrected chi connectivity index (χ4v) is 2.13. The number of hydrogen-bond donors (Lipinski definition) is 1. The molecule has 0 atom stereocenters. The van der Waals surface area contributed by atoms with Gasteiger partial charge in [-0.2, -0.15) is 0 Å². The lowest BCUT2D eigenvalue weighted by atomic mass is 10.2. The van der Waals surface area contributed by atoms with Gasteiger partial charge in [-0.05, 0) is 12.1 Å². The smallest absolute Gasteiger partial charge is 0.452 e. The van der Waals surface area contributed by atoms with Gasteiger partial charge in [0.15, 0.2) is 6.61 Å². The first-order valence-corrected chi connectivity index (χ1v) is 7.68. The van der Waals surface area contributed by atoms with Crippen LogP contribution in [-0.4, -0.2) is 29.8 Å². The molecule has 2 aromatic carbocycles. The lowest BCUT2D eigenvalue weighted by molar-refractivity contribution is -0.385. The molecule has 28 heavy (non-hydrogen) atoms. The van der Waals surface area contributed by atoms with E-state index in [0.717, 1.165) is 12.1 Å². The number of nitro groups is 1. The third-order valence-electron chi connectivity index (χ3n) is 3.33. The summed E-state index contributed by atoms with van der Waals surface area (Å²) in [5.74, 6) is -2.37. The van der Waals surface area contributed by atoms with Crippen LogP contribution in [0.1, 0.15) is 15.9 Å². The Balaban J connectivity index is 1.92. The van der Waals surface area contributed by atoms with E-state index in [-0.39, 0.29) is 17.7 Å². The number of esters is 1. The molecule has 11 heteroatoms. The van der Waals surface area contributed by atoms with Crippen molar-refractivity contribution in [2.75, 3.05) is 6.61 Å². The summed E-state index contributed by atoms with van der Waals surface area (Å²) in [7, 11) is 0. The quantitative estimate of drug-likeness (QED) is 0.437. The minimum Gasteiger partial charge on any atom is -0.452 e. The monoisotopic (exact) mass is 398 g/mol. The highest BCUT2D eigenvalue weighted by atomic mass is 19.4. The van der Waals surface area contributed by atoms with E-state index >= 15 is 0 Å². The maximum Gasteiger partial charge on any atom is 0.573 e. The third-order valence-corrected chi connectivity index (χ3v) is 3.33. The minimum atomic E-state index is -4.89. The fraction of sp³-hybridized carbons (Fsp3) is 0.176. The van der Waals surface area contributed by atoms with Crippen LogP contribution in [0.3, 0.4) is 0 Å². The number of hydrogen-bond acceptors (Lipinski definition) is 6. The summed E-state index contributed by atoms with van der Waals surface area (Å²) in [5, 5.41) is 13.2. The number of rotatable bonds is 7. The summed E-state index contributed by atoms with van der Waals surface area (Å²) in [6, 6.07) is 10.2. The van der Waals surface area contributed by atoms with Crippen molar-refractivity contribution in [1.82, 2.24) is 5.32 Å². The van der Waals surface area contributed by atoms with Crippen LogP contribution in [-0.2, 0) is 16.1 Å². The normalized spacial score (nSPS) is 10.8. The van der Waals surface area contributed by atoms with Crippen molar-refractivity contribution < 1.29 is 37.2 Å². The number of benzene rings is 2. The van der Waals surface area contributed by atoms with Crippen LogP contribution >= 0.6 is 0 Å². The zero-order valence-electron chi connectivity index (χ0n) is 14.1. The molecule has 0 radical (unpaired) electrons. The molecule has 0 fully saturated rings. The van der Waals surface area contributed by atoms with Crippen LogP contribution in [0, 0.1) is 10.1 Å². The second kappa shape index (κ2) is 8.84. The summed E-state index contributed by atoms with van der Waals surface area (Å²) >= 11 is 0. The highest BCUT2D eigenvalue weighted by Gasteiger charge is 2.32. The molecule has 0 saturated carbocycles. The number of carbonyl (C=O) groups is 2. The predicted octanol–water partition coefficient (Wildman–Crippen LogP) is 2.97. The first-order valence-electron chi connectivity index (χ1n) is 7.68. The van der Waals surface area contributed by atoms with Crippen LogP contribution < -0.4 is 10.1 Å². The molecule has 148 valence electrons. The molecule has 0 aromatic heterocycles. The van der Waals surface area contributed by atoms with Gasteiger partial charge in [0.1, 0.15) is 11.3 Å². The number of carbonyl (C=O) groups excluding carboxylic acids is 2. The van der Waals surface area contributed by atoms with Gasteiger partial charge >= 0.3 is 12.3 Å². The van der Waals surface area contributed by atoms with Gasteiger partial charge in [0.2, 0.25) is 0 Å². The summed E-state index contributed by atoms with van der Waals surface area (Å²) in [4.78, 5) is 33.8. The summed E-state index contributed by atoms with van der Waals surface area (Å²) in [6.07, 6.45) is -4.89. The summed E-state index contributed by atoms with van der Waals surface area (Å²) in [6.45, 7) is -1.08. The first kappa shape index (κ1) is 20.7. The highest BCUT2D eigenvalue weighted by Crippen LogP contribution is 2.26. The standard InChI is InChI=1S/C17H13F3N2O6/c18-17(19,20)28-14-8-4-1-5-11(14)9-21-15(23)10-27-16(24)12-6-2-3-7-13(12)22(25)26/h1-8H,9-10H2,(H,21,23). The van der Waals surface area contributed by atoms with Crippen molar-refractivity contribution in [3.05, 3.63) is 69.8 Å². The van der Waals surface area contributed by atoms with Crippen molar-refractivity contribution in [1.29, 1.82) is 0 Å². The van der Waals surface area contributed by atoms with Gasteiger partial charge < -0.3 is 14.8 Å². The molecule has 0 saturated heterocycles. The number of amides is 1. The Labute approximate surface area is 156 Å². The van der Waals surface area contributed by atoms with E-state index in [1.165, 1.54) is 36.4 Å². The fourth-order valence-electron chi connectivity index (χ4n) is 2.13. The molecule has 0 spiro atoms. The average Bonchev–Trinajstić information content (AvgIpc) is 2.64. The van der Waals surface area contributed by atoms with Crippen LogP contribution in [0.15, 0.2) is 48.5 Å². The molecule has 0 bridgehead atoms. The maximum absolute atomic E-state index is 12.4. The third kappa shape index (κ3) is 5.97. The number of alkyl halides is 3. The van der Waals surface area contributed by atoms with Crippen LogP contribution in [0.2, 0.25) is 0 Å². The SMILES string of the molecule is O=C(COC(=O)c1ccccc1[N+](=O)[O-])NCc1ccccc1OC(F)(F)F. The molecular formula is C17H13F3N2O6. The molecule has 0 unspecified atom stereocenters. The number of nitrogens with one attached hydrogen (secondary N) is 1. The number of halogens is 3. The van der Waals surface area contributed by atoms with Crippen molar-refractivity contribution in [3.63, 3.8) is 0 Å². The molecule has 0 heterocycles. The summed E-state index contributed by atoms with van der Waals surface area (Å²) < 4.78 is 45.7. The number of para-hydroxylation sites is 2. The van der Waals surface area contributed by atoms with E-state index in [1.54, 1.807) is 0 Å². The van der Waals surface area contributed by atoms with Gasteiger partial charge in [-0.15, -0.1) is 13.2 Å². The van der Waals surface area contributed by atoms with E-state index in [0.29, 0.717) is 0 Å². The molecule has 1 N–H and O–H groups in total. The topological polar surface area (TPSA) is 108 Å². The summed E-state index contributed by atoms with van der Waals surface area (Å²) in [5.41, 5.74) is -0.756. The van der Waals surface area contributed by atoms with Crippen LogP contribution in [0.25, 0.3) is 0 Å². The number of nitro benzene ring substituents is 1. The van der Waals surface area contributed by atoms with E-state index in [4.69, 9.17) is 4.74 Å². The largest absolute Gasteiger partial charge is 0.573 e. The number of nitrogens with zero attached hydrogens (tertiary/aromatic N) is 1. The maximum atomic E-state index is 12.4. The van der Waals surface area contributed by atoms with Crippen LogP contribution in [0.5, 0.6) is 5.75 Å². The Hall–Kier alpha value is -3.63. The van der Waals surface area contributed by atoms with Crippen molar-refractivity contribution >= 4 is 17.6 Å². The van der Waals surface area contributed by atoms with Crippen molar-refractivity contribution in [3.8, 4) is 5.75 Å². The van der Waals surface area contributed by atoms with Gasteiger partial charge in [-0.25, -0.2) is 4.79 Å². The van der Waals surface area contributed by atoms with E-state index < -0.39 is 41.2 Å². The van der Waals surface area contributed by atoms with Gasteiger partial charge in [-0.1, -0.05) is 30.3 Å². The second-order valence-corrected chi connectivity index (χ2v) is 5.28. The molecule has 2 aromatic rings. The van der Waals surface area contributed by atoms with E-state index in [9.17, 15) is 32.9 Å². The van der Waals surface area contributed by atoms with Crippen LogP contribution in [0.4, 0.5) is 18.9 Å². The highest BCUT2D eigenvalue weighted by molar-refractivity contribution is 5.95. The van der Waals surface area contributed by atoms with Gasteiger partial charge in [0.05, 0.1) is 4.92 Å². The van der Waals surface area contributed by atoms with E-state index in [1.807, 2.05) is 0 Å². The lowest BCUT2D eigenvalue weighted by Gasteiger charge is -2.13. The first-order chi connectivity index (χ1) is 13.2. The molecule has 8 nitrogen and oxygen atoms in total. The molecule has 0 aliphatic rings. The Morgan fingerprint density at radius 1 is 1.07 bits per heavy atom. The van der Waals surface area contributed by atoms with Gasteiger partial charge in [-0.3, -0.25) is 14.9 Å². The van der Waals surface area contributed by atoms with Gasteiger partial charge in [0.25, 0.3) is 11.6 Å². The Kier molecular flexibility index (Phi) is 6.53. The average molecular weight is 398 g/mol. The zero-order valence-corrected chi connectivity index (χ0v) is 14.1.